The highest BCUT2D eigenvalue weighted by atomic mass is 16.8. The molecule has 1 saturated heterocycles. The van der Waals surface area contributed by atoms with Gasteiger partial charge in [0.25, 0.3) is 0 Å². The first-order chi connectivity index (χ1) is 12.6. The van der Waals surface area contributed by atoms with Crippen LogP contribution in [0.1, 0.15) is 47.5 Å². The first kappa shape index (κ1) is 19.6. The summed E-state index contributed by atoms with van der Waals surface area (Å²) in [6, 6.07) is 8.66. The second kappa shape index (κ2) is 7.49. The van der Waals surface area contributed by atoms with E-state index in [1.54, 1.807) is 12.1 Å². The summed E-state index contributed by atoms with van der Waals surface area (Å²) < 4.78 is 22.9. The number of allylic oxidation sites excluding steroid dienone is 1. The average molecular weight is 372 g/mol. The van der Waals surface area contributed by atoms with Crippen molar-refractivity contribution in [1.82, 2.24) is 0 Å². The lowest BCUT2D eigenvalue weighted by Crippen LogP contribution is -2.33. The summed E-state index contributed by atoms with van der Waals surface area (Å²) in [6.07, 6.45) is 3.96. The number of rotatable bonds is 6. The van der Waals surface area contributed by atoms with Crippen LogP contribution in [0, 0.1) is 0 Å². The summed E-state index contributed by atoms with van der Waals surface area (Å²) in [5.41, 5.74) is 1.13. The minimum atomic E-state index is -0.528. The van der Waals surface area contributed by atoms with E-state index in [0.29, 0.717) is 17.9 Å². The van der Waals surface area contributed by atoms with Crippen molar-refractivity contribution in [2.45, 2.75) is 65.0 Å². The highest BCUT2D eigenvalue weighted by Gasteiger charge is 2.46. The molecule has 1 atom stereocenters. The van der Waals surface area contributed by atoms with E-state index in [4.69, 9.17) is 18.6 Å². The first-order valence-corrected chi connectivity index (χ1v) is 9.35. The number of hydrogen-bond donors (Lipinski definition) is 0. The van der Waals surface area contributed by atoms with E-state index in [0.717, 1.165) is 18.2 Å². The van der Waals surface area contributed by atoms with Crippen molar-refractivity contribution < 1.29 is 18.6 Å². The molecule has 27 heavy (non-hydrogen) atoms. The van der Waals surface area contributed by atoms with E-state index in [1.807, 2.05) is 26.0 Å². The fraction of sp³-hybridized carbons (Fsp3) is 0.500. The van der Waals surface area contributed by atoms with Gasteiger partial charge in [0.05, 0.1) is 11.7 Å². The monoisotopic (exact) mass is 372 g/mol. The Labute approximate surface area is 159 Å². The minimum absolute atomic E-state index is 0.0696. The molecule has 1 aliphatic rings. The highest BCUT2D eigenvalue weighted by molar-refractivity contribution is 5.77. The molecule has 2 aromatic rings. The summed E-state index contributed by atoms with van der Waals surface area (Å²) in [4.78, 5) is 11.3. The number of benzene rings is 1. The van der Waals surface area contributed by atoms with E-state index in [9.17, 15) is 4.79 Å². The van der Waals surface area contributed by atoms with E-state index in [-0.39, 0.29) is 17.3 Å². The minimum Gasteiger partial charge on any atom is -0.489 e. The first-order valence-electron chi connectivity index (χ1n) is 9.35. The van der Waals surface area contributed by atoms with E-state index in [1.165, 1.54) is 11.6 Å². The van der Waals surface area contributed by atoms with Gasteiger partial charge in [-0.15, -0.1) is 0 Å². The highest BCUT2D eigenvalue weighted by Crippen LogP contribution is 2.38. The van der Waals surface area contributed by atoms with Crippen LogP contribution in [0.3, 0.4) is 0 Å². The predicted octanol–water partition coefficient (Wildman–Crippen LogP) is 4.83. The molecular weight excluding hydrogens is 344 g/mol. The lowest BCUT2D eigenvalue weighted by atomic mass is 9.96. The van der Waals surface area contributed by atoms with Gasteiger partial charge in [0.1, 0.15) is 17.9 Å². The maximum atomic E-state index is 11.3. The van der Waals surface area contributed by atoms with Crippen LogP contribution in [-0.4, -0.2) is 24.1 Å². The van der Waals surface area contributed by atoms with Gasteiger partial charge in [-0.1, -0.05) is 5.57 Å². The molecule has 5 heteroatoms. The zero-order valence-corrected chi connectivity index (χ0v) is 16.7. The second-order valence-electron chi connectivity index (χ2n) is 8.07. The van der Waals surface area contributed by atoms with Crippen LogP contribution >= 0.6 is 0 Å². The third-order valence-corrected chi connectivity index (χ3v) is 4.79. The van der Waals surface area contributed by atoms with Gasteiger partial charge in [0.2, 0.25) is 0 Å². The Bertz CT molecular complexity index is 891. The third kappa shape index (κ3) is 4.99. The van der Waals surface area contributed by atoms with Crippen LogP contribution in [0.2, 0.25) is 0 Å². The lowest BCUT2D eigenvalue weighted by Gasteiger charge is -2.24. The lowest BCUT2D eigenvalue weighted by molar-refractivity contribution is -0.157. The van der Waals surface area contributed by atoms with Gasteiger partial charge in [-0.3, -0.25) is 0 Å². The Morgan fingerprint density at radius 3 is 2.63 bits per heavy atom. The van der Waals surface area contributed by atoms with Crippen LogP contribution < -0.4 is 10.4 Å². The van der Waals surface area contributed by atoms with Crippen LogP contribution in [0.4, 0.5) is 0 Å². The van der Waals surface area contributed by atoms with Crippen molar-refractivity contribution >= 4 is 11.0 Å². The normalized spacial score (nSPS) is 21.5. The summed E-state index contributed by atoms with van der Waals surface area (Å²) in [5.74, 6) is 0.149. The average Bonchev–Trinajstić information content (AvgIpc) is 2.79. The molecule has 0 aliphatic carbocycles. The molecule has 3 rings (SSSR count). The molecule has 0 spiro atoms. The van der Waals surface area contributed by atoms with Gasteiger partial charge in [-0.2, -0.15) is 0 Å². The maximum absolute atomic E-state index is 11.3. The van der Waals surface area contributed by atoms with Gasteiger partial charge < -0.3 is 18.6 Å². The summed E-state index contributed by atoms with van der Waals surface area (Å²) in [7, 11) is 0. The Hall–Kier alpha value is -2.11. The fourth-order valence-corrected chi connectivity index (χ4v) is 3.49. The van der Waals surface area contributed by atoms with Gasteiger partial charge >= 0.3 is 5.63 Å². The molecule has 0 bridgehead atoms. The van der Waals surface area contributed by atoms with Crippen molar-refractivity contribution in [2.24, 2.45) is 0 Å². The quantitative estimate of drug-likeness (QED) is 0.537. The molecular formula is C22H28O5. The van der Waals surface area contributed by atoms with Crippen LogP contribution in [0.5, 0.6) is 5.75 Å². The maximum Gasteiger partial charge on any atom is 0.336 e. The fourth-order valence-electron chi connectivity index (χ4n) is 3.49. The van der Waals surface area contributed by atoms with Crippen molar-refractivity contribution in [2.75, 3.05) is 6.61 Å². The van der Waals surface area contributed by atoms with Crippen molar-refractivity contribution in [1.29, 1.82) is 0 Å². The summed E-state index contributed by atoms with van der Waals surface area (Å²) in [6.45, 7) is 10.6. The standard InChI is InChI=1S/C22H28O5/c1-15(6-10-19-21(2,3)27-22(4,5)26-19)12-13-24-17-9-7-16-8-11-20(23)25-18(16)14-17/h7-9,11-12,14,19H,6,10,13H2,1-5H3/b15-12+. The van der Waals surface area contributed by atoms with Crippen LogP contribution in [0.15, 0.2) is 51.2 Å². The molecule has 1 fully saturated rings. The Morgan fingerprint density at radius 2 is 1.93 bits per heavy atom. The predicted molar refractivity (Wildman–Crippen MR) is 105 cm³/mol. The van der Waals surface area contributed by atoms with Crippen LogP contribution in [0.25, 0.3) is 11.0 Å². The topological polar surface area (TPSA) is 57.9 Å². The SMILES string of the molecule is C/C(=C\COc1ccc2ccc(=O)oc2c1)CCC1OC(C)(C)OC1(C)C. The smallest absolute Gasteiger partial charge is 0.336 e. The van der Waals surface area contributed by atoms with E-state index >= 15 is 0 Å². The molecule has 1 aromatic heterocycles. The molecule has 1 aromatic carbocycles. The van der Waals surface area contributed by atoms with Gasteiger partial charge in [-0.05, 0) is 71.7 Å². The van der Waals surface area contributed by atoms with Crippen molar-refractivity contribution in [3.63, 3.8) is 0 Å². The summed E-state index contributed by atoms with van der Waals surface area (Å²) >= 11 is 0. The number of ether oxygens (including phenoxy) is 3. The Balaban J connectivity index is 1.53. The zero-order valence-electron chi connectivity index (χ0n) is 16.7. The van der Waals surface area contributed by atoms with Crippen molar-refractivity contribution in [3.8, 4) is 5.75 Å². The molecule has 0 N–H and O–H groups in total. The van der Waals surface area contributed by atoms with Gasteiger partial charge in [0, 0.05) is 17.5 Å². The van der Waals surface area contributed by atoms with Crippen LogP contribution in [-0.2, 0) is 9.47 Å². The Kier molecular flexibility index (Phi) is 5.45. The molecule has 0 amide bonds. The molecule has 146 valence electrons. The molecule has 0 saturated carbocycles. The number of fused-ring (bicyclic) bond motifs is 1. The molecule has 5 nitrogen and oxygen atoms in total. The number of hydrogen-bond acceptors (Lipinski definition) is 5. The largest absolute Gasteiger partial charge is 0.489 e. The van der Waals surface area contributed by atoms with Gasteiger partial charge in [0.15, 0.2) is 5.79 Å². The third-order valence-electron chi connectivity index (χ3n) is 4.79. The van der Waals surface area contributed by atoms with E-state index in [2.05, 4.69) is 26.8 Å². The zero-order chi connectivity index (χ0) is 19.7. The van der Waals surface area contributed by atoms with E-state index < -0.39 is 5.79 Å². The molecule has 1 unspecified atom stereocenters. The molecule has 2 heterocycles. The second-order valence-corrected chi connectivity index (χ2v) is 8.07. The van der Waals surface area contributed by atoms with Crippen molar-refractivity contribution in [3.05, 3.63) is 52.4 Å². The van der Waals surface area contributed by atoms with Gasteiger partial charge in [-0.25, -0.2) is 4.79 Å². The summed E-state index contributed by atoms with van der Waals surface area (Å²) in [5, 5.41) is 0.873. The Morgan fingerprint density at radius 1 is 1.19 bits per heavy atom. The molecule has 1 aliphatic heterocycles. The molecule has 0 radical (unpaired) electrons.